The number of nitrogens with one attached hydrogen (secondary N) is 3. The van der Waals surface area contributed by atoms with Gasteiger partial charge in [0.1, 0.15) is 0 Å². The van der Waals surface area contributed by atoms with E-state index in [9.17, 15) is 9.59 Å². The van der Waals surface area contributed by atoms with Gasteiger partial charge in [0.15, 0.2) is 0 Å². The average Bonchev–Trinajstić information content (AvgIpc) is 2.63. The summed E-state index contributed by atoms with van der Waals surface area (Å²) in [6.45, 7) is 1.43. The van der Waals surface area contributed by atoms with Crippen molar-refractivity contribution in [3.05, 3.63) is 66.1 Å². The van der Waals surface area contributed by atoms with E-state index in [4.69, 9.17) is 11.1 Å². The van der Waals surface area contributed by atoms with Crippen LogP contribution in [0.3, 0.4) is 0 Å². The molecule has 0 bridgehead atoms. The molecule has 1 heterocycles. The van der Waals surface area contributed by atoms with Gasteiger partial charge in [0, 0.05) is 60.3 Å². The van der Waals surface area contributed by atoms with E-state index in [0.717, 1.165) is 6.21 Å². The Morgan fingerprint density at radius 1 is 1.12 bits per heavy atom. The SMILES string of the molecule is CC(=O)Nc1ccc(NC(=O)/C=C/c2cnccc2/C(C=N)=C/N)cc1. The summed E-state index contributed by atoms with van der Waals surface area (Å²) in [4.78, 5) is 27.1. The first kappa shape index (κ1) is 18.6. The fourth-order valence-corrected chi connectivity index (χ4v) is 2.21. The van der Waals surface area contributed by atoms with Crippen LogP contribution >= 0.6 is 0 Å². The third-order valence-electron chi connectivity index (χ3n) is 3.39. The van der Waals surface area contributed by atoms with Crippen molar-refractivity contribution >= 4 is 41.1 Å². The molecule has 0 aliphatic rings. The van der Waals surface area contributed by atoms with E-state index < -0.39 is 0 Å². The number of carbonyl (C=O) groups excluding carboxylic acids is 2. The molecule has 0 unspecified atom stereocenters. The third kappa shape index (κ3) is 5.13. The molecule has 0 atom stereocenters. The zero-order valence-corrected chi connectivity index (χ0v) is 14.2. The molecule has 2 rings (SSSR count). The number of pyridine rings is 1. The maximum atomic E-state index is 12.1. The number of aromatic nitrogens is 1. The maximum Gasteiger partial charge on any atom is 0.248 e. The minimum atomic E-state index is -0.319. The Morgan fingerprint density at radius 3 is 2.35 bits per heavy atom. The van der Waals surface area contributed by atoms with Crippen LogP contribution in [0.4, 0.5) is 11.4 Å². The monoisotopic (exact) mass is 349 g/mol. The Morgan fingerprint density at radius 2 is 1.77 bits per heavy atom. The standard InChI is InChI=1S/C19H19N5O2/c1-13(25)23-16-3-5-17(6-4-16)24-19(26)7-2-14-12-22-9-8-18(14)15(10-20)11-21/h2-12,20H,21H2,1H3,(H,23,25)(H,24,26)/b7-2+,15-11+,20-10?. The molecule has 2 amide bonds. The third-order valence-corrected chi connectivity index (χ3v) is 3.39. The van der Waals surface area contributed by atoms with Crippen molar-refractivity contribution in [1.29, 1.82) is 5.41 Å². The van der Waals surface area contributed by atoms with Gasteiger partial charge in [-0.2, -0.15) is 0 Å². The molecule has 2 aromatic rings. The molecule has 132 valence electrons. The summed E-state index contributed by atoms with van der Waals surface area (Å²) in [5.41, 5.74) is 8.68. The summed E-state index contributed by atoms with van der Waals surface area (Å²) in [5, 5.41) is 12.8. The van der Waals surface area contributed by atoms with Crippen LogP contribution in [0.25, 0.3) is 11.6 Å². The number of nitrogens with two attached hydrogens (primary N) is 1. The van der Waals surface area contributed by atoms with Gasteiger partial charge in [-0.3, -0.25) is 14.6 Å². The molecule has 0 spiro atoms. The lowest BCUT2D eigenvalue weighted by Gasteiger charge is -2.06. The highest BCUT2D eigenvalue weighted by Crippen LogP contribution is 2.18. The van der Waals surface area contributed by atoms with Crippen LogP contribution in [-0.4, -0.2) is 23.0 Å². The second-order valence-electron chi connectivity index (χ2n) is 5.31. The van der Waals surface area contributed by atoms with Crippen molar-refractivity contribution in [2.45, 2.75) is 6.92 Å². The van der Waals surface area contributed by atoms with Crippen LogP contribution in [0.15, 0.2) is 55.0 Å². The van der Waals surface area contributed by atoms with Gasteiger partial charge in [0.25, 0.3) is 0 Å². The second kappa shape index (κ2) is 8.93. The predicted octanol–water partition coefficient (Wildman–Crippen LogP) is 2.64. The molecule has 0 aliphatic heterocycles. The molecule has 0 fully saturated rings. The molecule has 1 aromatic heterocycles. The van der Waals surface area contributed by atoms with Crippen LogP contribution in [0.5, 0.6) is 0 Å². The maximum absolute atomic E-state index is 12.1. The number of anilines is 2. The summed E-state index contributed by atoms with van der Waals surface area (Å²) in [7, 11) is 0. The number of rotatable bonds is 6. The first-order valence-electron chi connectivity index (χ1n) is 7.77. The summed E-state index contributed by atoms with van der Waals surface area (Å²) in [6.07, 6.45) is 8.64. The Hall–Kier alpha value is -3.74. The number of amides is 2. The van der Waals surface area contributed by atoms with Crippen molar-refractivity contribution in [3.8, 4) is 0 Å². The van der Waals surface area contributed by atoms with Gasteiger partial charge in [-0.05, 0) is 42.0 Å². The Labute approximate surface area is 151 Å². The van der Waals surface area contributed by atoms with Crippen molar-refractivity contribution in [3.63, 3.8) is 0 Å². The Balaban J connectivity index is 2.08. The highest BCUT2D eigenvalue weighted by molar-refractivity contribution is 6.10. The molecule has 5 N–H and O–H groups in total. The van der Waals surface area contributed by atoms with Gasteiger partial charge < -0.3 is 21.8 Å². The van der Waals surface area contributed by atoms with Gasteiger partial charge in [-0.25, -0.2) is 0 Å². The first-order valence-corrected chi connectivity index (χ1v) is 7.77. The number of allylic oxidation sites excluding steroid dienone is 1. The van der Waals surface area contributed by atoms with Gasteiger partial charge in [0.2, 0.25) is 11.8 Å². The lowest BCUT2D eigenvalue weighted by molar-refractivity contribution is -0.114. The van der Waals surface area contributed by atoms with Crippen LogP contribution < -0.4 is 16.4 Å². The molecule has 0 aliphatic carbocycles. The van der Waals surface area contributed by atoms with E-state index in [0.29, 0.717) is 28.1 Å². The minimum absolute atomic E-state index is 0.159. The molecular formula is C19H19N5O2. The number of hydrogen-bond acceptors (Lipinski definition) is 5. The molecule has 7 heteroatoms. The number of benzene rings is 1. The quantitative estimate of drug-likeness (QED) is 0.473. The van der Waals surface area contributed by atoms with Crippen LogP contribution in [-0.2, 0) is 9.59 Å². The first-order chi connectivity index (χ1) is 12.5. The lowest BCUT2D eigenvalue weighted by Crippen LogP contribution is -2.09. The van der Waals surface area contributed by atoms with E-state index in [1.54, 1.807) is 48.8 Å². The van der Waals surface area contributed by atoms with Crippen molar-refractivity contribution < 1.29 is 9.59 Å². The van der Waals surface area contributed by atoms with Crippen molar-refractivity contribution in [2.75, 3.05) is 10.6 Å². The van der Waals surface area contributed by atoms with Gasteiger partial charge in [0.05, 0.1) is 0 Å². The Kier molecular flexibility index (Phi) is 6.39. The normalized spacial score (nSPS) is 11.2. The fourth-order valence-electron chi connectivity index (χ4n) is 2.21. The van der Waals surface area contributed by atoms with E-state index in [1.807, 2.05) is 0 Å². The van der Waals surface area contributed by atoms with Gasteiger partial charge in [-0.15, -0.1) is 0 Å². The topological polar surface area (TPSA) is 121 Å². The van der Waals surface area contributed by atoms with Crippen molar-refractivity contribution in [2.24, 2.45) is 5.73 Å². The van der Waals surface area contributed by atoms with Crippen molar-refractivity contribution in [1.82, 2.24) is 4.98 Å². The largest absolute Gasteiger partial charge is 0.404 e. The highest BCUT2D eigenvalue weighted by Gasteiger charge is 2.04. The summed E-state index contributed by atoms with van der Waals surface area (Å²) < 4.78 is 0. The van der Waals surface area contributed by atoms with Crippen LogP contribution in [0.2, 0.25) is 0 Å². The smallest absolute Gasteiger partial charge is 0.248 e. The molecule has 0 saturated heterocycles. The number of carbonyl (C=O) groups is 2. The zero-order valence-electron chi connectivity index (χ0n) is 14.2. The molecule has 7 nitrogen and oxygen atoms in total. The average molecular weight is 349 g/mol. The van der Waals surface area contributed by atoms with Gasteiger partial charge in [-0.1, -0.05) is 0 Å². The molecular weight excluding hydrogens is 330 g/mol. The van der Waals surface area contributed by atoms with Crippen LogP contribution in [0.1, 0.15) is 18.1 Å². The number of hydrogen-bond donors (Lipinski definition) is 4. The summed E-state index contributed by atoms with van der Waals surface area (Å²) >= 11 is 0. The van der Waals surface area contributed by atoms with E-state index in [-0.39, 0.29) is 11.8 Å². The minimum Gasteiger partial charge on any atom is -0.404 e. The van der Waals surface area contributed by atoms with Gasteiger partial charge >= 0.3 is 0 Å². The molecule has 1 aromatic carbocycles. The summed E-state index contributed by atoms with van der Waals surface area (Å²) in [6, 6.07) is 8.50. The Bertz CT molecular complexity index is 870. The molecule has 26 heavy (non-hydrogen) atoms. The number of nitrogens with zero attached hydrogens (tertiary/aromatic N) is 1. The fraction of sp³-hybridized carbons (Fsp3) is 0.0526. The second-order valence-corrected chi connectivity index (χ2v) is 5.31. The van der Waals surface area contributed by atoms with E-state index in [1.165, 1.54) is 19.2 Å². The predicted molar refractivity (Wildman–Crippen MR) is 104 cm³/mol. The van der Waals surface area contributed by atoms with E-state index >= 15 is 0 Å². The summed E-state index contributed by atoms with van der Waals surface area (Å²) in [5.74, 6) is -0.479. The molecule has 0 radical (unpaired) electrons. The zero-order chi connectivity index (χ0) is 18.9. The lowest BCUT2D eigenvalue weighted by atomic mass is 10.0. The van der Waals surface area contributed by atoms with E-state index in [2.05, 4.69) is 15.6 Å². The van der Waals surface area contributed by atoms with Crippen LogP contribution in [0, 0.1) is 5.41 Å². The highest BCUT2D eigenvalue weighted by atomic mass is 16.2. The molecule has 0 saturated carbocycles.